The molecule has 0 aromatic heterocycles. The van der Waals surface area contributed by atoms with E-state index in [1.165, 1.54) is 0 Å². The molecule has 2 aromatic rings. The van der Waals surface area contributed by atoms with E-state index in [9.17, 15) is 4.79 Å². The molecule has 1 amide bonds. The smallest absolute Gasteiger partial charge is 0.258 e. The Labute approximate surface area is 175 Å². The molecule has 7 heteroatoms. The average molecular weight is 426 g/mol. The van der Waals surface area contributed by atoms with Crippen LogP contribution in [0.25, 0.3) is 0 Å². The van der Waals surface area contributed by atoms with Gasteiger partial charge in [-0.25, -0.2) is 0 Å². The Kier molecular flexibility index (Phi) is 8.74. The Bertz CT molecular complexity index is 796. The van der Waals surface area contributed by atoms with Gasteiger partial charge in [0, 0.05) is 11.6 Å². The highest BCUT2D eigenvalue weighted by Crippen LogP contribution is 2.29. The van der Waals surface area contributed by atoms with Crippen molar-refractivity contribution < 1.29 is 19.0 Å². The Hall–Kier alpha value is -2.11. The highest BCUT2D eigenvalue weighted by atomic mass is 35.5. The van der Waals surface area contributed by atoms with Gasteiger partial charge in [-0.2, -0.15) is 0 Å². The number of rotatable bonds is 10. The summed E-state index contributed by atoms with van der Waals surface area (Å²) < 4.78 is 16.6. The summed E-state index contributed by atoms with van der Waals surface area (Å²) in [5, 5.41) is 3.67. The molecule has 0 unspecified atom stereocenters. The molecule has 28 heavy (non-hydrogen) atoms. The normalized spacial score (nSPS) is 10.6. The van der Waals surface area contributed by atoms with Gasteiger partial charge in [0.15, 0.2) is 18.1 Å². The summed E-state index contributed by atoms with van der Waals surface area (Å²) in [5.41, 5.74) is 0.894. The second kappa shape index (κ2) is 11.0. The zero-order chi connectivity index (χ0) is 20.5. The highest BCUT2D eigenvalue weighted by molar-refractivity contribution is 6.35. The van der Waals surface area contributed by atoms with Crippen LogP contribution in [0.2, 0.25) is 10.0 Å². The third-order valence-corrected chi connectivity index (χ3v) is 4.45. The molecule has 0 spiro atoms. The van der Waals surface area contributed by atoms with Crippen LogP contribution < -0.4 is 19.5 Å². The van der Waals surface area contributed by atoms with Gasteiger partial charge in [-0.3, -0.25) is 4.79 Å². The van der Waals surface area contributed by atoms with Crippen LogP contribution in [-0.2, 0) is 11.3 Å². The predicted octanol–water partition coefficient (Wildman–Crippen LogP) is 5.12. The molecule has 0 saturated heterocycles. The number of amides is 1. The molecule has 0 radical (unpaired) electrons. The summed E-state index contributed by atoms with van der Waals surface area (Å²) in [6.07, 6.45) is 0.971. The first-order chi connectivity index (χ1) is 13.4. The van der Waals surface area contributed by atoms with E-state index in [2.05, 4.69) is 19.2 Å². The molecule has 0 heterocycles. The zero-order valence-corrected chi connectivity index (χ0v) is 17.8. The van der Waals surface area contributed by atoms with Crippen LogP contribution in [0.3, 0.4) is 0 Å². The lowest BCUT2D eigenvalue weighted by Gasteiger charge is -2.13. The molecule has 2 rings (SSSR count). The molecule has 0 aliphatic rings. The lowest BCUT2D eigenvalue weighted by atomic mass is 10.1. The van der Waals surface area contributed by atoms with E-state index in [1.807, 2.05) is 18.2 Å². The highest BCUT2D eigenvalue weighted by Gasteiger charge is 2.09. The van der Waals surface area contributed by atoms with Crippen molar-refractivity contribution in [2.75, 3.05) is 20.3 Å². The number of nitrogens with one attached hydrogen (secondary N) is 1. The number of hydrogen-bond acceptors (Lipinski definition) is 4. The summed E-state index contributed by atoms with van der Waals surface area (Å²) in [6, 6.07) is 10.4. The van der Waals surface area contributed by atoms with Crippen molar-refractivity contribution in [2.24, 2.45) is 5.92 Å². The largest absolute Gasteiger partial charge is 0.493 e. The molecule has 5 nitrogen and oxygen atoms in total. The SMILES string of the molecule is COc1cc(CNC(=O)COc2ccc(Cl)cc2Cl)ccc1OCCC(C)C. The molecular formula is C21H25Cl2NO4. The minimum Gasteiger partial charge on any atom is -0.493 e. The lowest BCUT2D eigenvalue weighted by molar-refractivity contribution is -0.123. The summed E-state index contributed by atoms with van der Waals surface area (Å²) in [7, 11) is 1.59. The van der Waals surface area contributed by atoms with Gasteiger partial charge < -0.3 is 19.5 Å². The van der Waals surface area contributed by atoms with E-state index in [1.54, 1.807) is 25.3 Å². The number of benzene rings is 2. The molecular weight excluding hydrogens is 401 g/mol. The number of hydrogen-bond donors (Lipinski definition) is 1. The third kappa shape index (κ3) is 7.13. The fourth-order valence-corrected chi connectivity index (χ4v) is 2.80. The Balaban J connectivity index is 1.84. The molecule has 0 aliphatic heterocycles. The number of carbonyl (C=O) groups excluding carboxylic acids is 1. The second-order valence-corrected chi connectivity index (χ2v) is 7.50. The standard InChI is InChI=1S/C21H25Cl2NO4/c1-14(2)8-9-27-19-6-4-15(10-20(19)26-3)12-24-21(25)13-28-18-7-5-16(22)11-17(18)23/h4-7,10-11,14H,8-9,12-13H2,1-3H3,(H,24,25). The first kappa shape index (κ1) is 22.2. The van der Waals surface area contributed by atoms with Gasteiger partial charge in [0.1, 0.15) is 5.75 Å². The molecule has 0 atom stereocenters. The molecule has 152 valence electrons. The Morgan fingerprint density at radius 3 is 2.46 bits per heavy atom. The average Bonchev–Trinajstić information content (AvgIpc) is 2.66. The molecule has 0 aliphatic carbocycles. The van der Waals surface area contributed by atoms with Crippen LogP contribution in [0.5, 0.6) is 17.2 Å². The molecule has 1 N–H and O–H groups in total. The topological polar surface area (TPSA) is 56.8 Å². The van der Waals surface area contributed by atoms with Crippen molar-refractivity contribution in [2.45, 2.75) is 26.8 Å². The maximum Gasteiger partial charge on any atom is 0.258 e. The molecule has 0 fully saturated rings. The van der Waals surface area contributed by atoms with Gasteiger partial charge in [0.2, 0.25) is 0 Å². The number of methoxy groups -OCH3 is 1. The fourth-order valence-electron chi connectivity index (χ4n) is 2.33. The molecule has 0 saturated carbocycles. The monoisotopic (exact) mass is 425 g/mol. The lowest BCUT2D eigenvalue weighted by Crippen LogP contribution is -2.28. The first-order valence-electron chi connectivity index (χ1n) is 9.03. The van der Waals surface area contributed by atoms with E-state index in [0.29, 0.717) is 46.4 Å². The van der Waals surface area contributed by atoms with Gasteiger partial charge in [-0.05, 0) is 48.2 Å². The van der Waals surface area contributed by atoms with E-state index in [-0.39, 0.29) is 12.5 Å². The van der Waals surface area contributed by atoms with E-state index in [4.69, 9.17) is 37.4 Å². The summed E-state index contributed by atoms with van der Waals surface area (Å²) in [5.74, 6) is 2.05. The Morgan fingerprint density at radius 1 is 1.04 bits per heavy atom. The number of halogens is 2. The van der Waals surface area contributed by atoms with Crippen molar-refractivity contribution >= 4 is 29.1 Å². The number of ether oxygens (including phenoxy) is 3. The molecule has 0 bridgehead atoms. The minimum atomic E-state index is -0.262. The van der Waals surface area contributed by atoms with Gasteiger partial charge >= 0.3 is 0 Å². The van der Waals surface area contributed by atoms with Crippen LogP contribution in [0.1, 0.15) is 25.8 Å². The van der Waals surface area contributed by atoms with Crippen molar-refractivity contribution in [3.8, 4) is 17.2 Å². The van der Waals surface area contributed by atoms with Gasteiger partial charge in [0.25, 0.3) is 5.91 Å². The van der Waals surface area contributed by atoms with Gasteiger partial charge in [-0.1, -0.05) is 43.1 Å². The summed E-state index contributed by atoms with van der Waals surface area (Å²) in [4.78, 5) is 12.0. The van der Waals surface area contributed by atoms with Crippen LogP contribution >= 0.6 is 23.2 Å². The van der Waals surface area contributed by atoms with Gasteiger partial charge in [-0.15, -0.1) is 0 Å². The fraction of sp³-hybridized carbons (Fsp3) is 0.381. The van der Waals surface area contributed by atoms with Gasteiger partial charge in [0.05, 0.1) is 18.7 Å². The van der Waals surface area contributed by atoms with Crippen LogP contribution in [0.4, 0.5) is 0 Å². The van der Waals surface area contributed by atoms with E-state index >= 15 is 0 Å². The zero-order valence-electron chi connectivity index (χ0n) is 16.3. The Morgan fingerprint density at radius 2 is 1.79 bits per heavy atom. The maximum atomic E-state index is 12.0. The van der Waals surface area contributed by atoms with E-state index in [0.717, 1.165) is 12.0 Å². The number of carbonyl (C=O) groups is 1. The van der Waals surface area contributed by atoms with E-state index < -0.39 is 0 Å². The van der Waals surface area contributed by atoms with Crippen molar-refractivity contribution in [1.29, 1.82) is 0 Å². The minimum absolute atomic E-state index is 0.144. The third-order valence-electron chi connectivity index (χ3n) is 3.92. The summed E-state index contributed by atoms with van der Waals surface area (Å²) in [6.45, 7) is 5.14. The first-order valence-corrected chi connectivity index (χ1v) is 9.79. The van der Waals surface area contributed by atoms with Crippen molar-refractivity contribution in [3.63, 3.8) is 0 Å². The van der Waals surface area contributed by atoms with Crippen LogP contribution in [-0.4, -0.2) is 26.2 Å². The van der Waals surface area contributed by atoms with Crippen molar-refractivity contribution in [1.82, 2.24) is 5.32 Å². The predicted molar refractivity (Wildman–Crippen MR) is 112 cm³/mol. The summed E-state index contributed by atoms with van der Waals surface area (Å²) >= 11 is 11.9. The molecule has 2 aromatic carbocycles. The van der Waals surface area contributed by atoms with Crippen LogP contribution in [0, 0.1) is 5.92 Å². The quantitative estimate of drug-likeness (QED) is 0.573. The maximum absolute atomic E-state index is 12.0. The van der Waals surface area contributed by atoms with Crippen molar-refractivity contribution in [3.05, 3.63) is 52.0 Å². The van der Waals surface area contributed by atoms with Crippen LogP contribution in [0.15, 0.2) is 36.4 Å². The second-order valence-electron chi connectivity index (χ2n) is 6.66.